The van der Waals surface area contributed by atoms with Crippen LogP contribution in [0.15, 0.2) is 29.2 Å². The van der Waals surface area contributed by atoms with E-state index in [0.29, 0.717) is 5.69 Å². The fraction of sp³-hybridized carbons (Fsp3) is 0.500. The molecule has 0 aromatic heterocycles. The Morgan fingerprint density at radius 2 is 1.78 bits per heavy atom. The minimum absolute atomic E-state index is 0.213. The number of benzene rings is 1. The van der Waals surface area contributed by atoms with E-state index in [2.05, 4.69) is 0 Å². The van der Waals surface area contributed by atoms with Gasteiger partial charge in [0.05, 0.1) is 10.5 Å². The molecule has 6 heteroatoms. The Bertz CT molecular complexity index is 557. The molecule has 98 valence electrons. The number of sulfonamides is 1. The monoisotopic (exact) mass is 268 g/mol. The maximum absolute atomic E-state index is 12.2. The summed E-state index contributed by atoms with van der Waals surface area (Å²) < 4.78 is 25.8. The summed E-state index contributed by atoms with van der Waals surface area (Å²) in [6.45, 7) is 0.425. The standard InChI is InChI=1S/C12H16N2O3S/c13-10-3-5-11(6-4-10)18(16,17)14-7-12(15,8-14)9-1-2-9/h3-6,9,15H,1-2,7-8,13H2. The smallest absolute Gasteiger partial charge is 0.243 e. The van der Waals surface area contributed by atoms with Gasteiger partial charge >= 0.3 is 0 Å². The van der Waals surface area contributed by atoms with Gasteiger partial charge in [-0.3, -0.25) is 0 Å². The lowest BCUT2D eigenvalue weighted by atomic mass is 9.91. The van der Waals surface area contributed by atoms with E-state index < -0.39 is 15.6 Å². The maximum atomic E-state index is 12.2. The zero-order valence-corrected chi connectivity index (χ0v) is 10.7. The van der Waals surface area contributed by atoms with Gasteiger partial charge in [-0.1, -0.05) is 0 Å². The normalized spacial score (nSPS) is 23.6. The molecule has 1 aromatic rings. The van der Waals surface area contributed by atoms with Crippen LogP contribution in [0.3, 0.4) is 0 Å². The van der Waals surface area contributed by atoms with Crippen molar-refractivity contribution in [2.45, 2.75) is 23.3 Å². The fourth-order valence-electron chi connectivity index (χ4n) is 2.40. The van der Waals surface area contributed by atoms with Crippen molar-refractivity contribution < 1.29 is 13.5 Å². The number of hydrogen-bond acceptors (Lipinski definition) is 4. The Kier molecular flexibility index (Phi) is 2.45. The maximum Gasteiger partial charge on any atom is 0.243 e. The van der Waals surface area contributed by atoms with Gasteiger partial charge in [0, 0.05) is 18.8 Å². The van der Waals surface area contributed by atoms with Gasteiger partial charge in [0.1, 0.15) is 0 Å². The molecule has 18 heavy (non-hydrogen) atoms. The average molecular weight is 268 g/mol. The number of β-amino-alcohol motifs (C(OH)–C–C–N with tert-alkyl or cyclic N) is 1. The predicted molar refractivity (Wildman–Crippen MR) is 67.3 cm³/mol. The summed E-state index contributed by atoms with van der Waals surface area (Å²) >= 11 is 0. The molecule has 1 aromatic carbocycles. The van der Waals surface area contributed by atoms with Gasteiger partial charge in [0.15, 0.2) is 0 Å². The first-order valence-electron chi connectivity index (χ1n) is 6.00. The summed E-state index contributed by atoms with van der Waals surface area (Å²) in [6, 6.07) is 6.14. The molecule has 0 unspecified atom stereocenters. The first kappa shape index (κ1) is 12.0. The molecule has 0 bridgehead atoms. The topological polar surface area (TPSA) is 83.6 Å². The zero-order valence-electron chi connectivity index (χ0n) is 9.91. The molecule has 0 spiro atoms. The quantitative estimate of drug-likeness (QED) is 0.778. The summed E-state index contributed by atoms with van der Waals surface area (Å²) in [5, 5.41) is 10.1. The Hall–Kier alpha value is -1.11. The van der Waals surface area contributed by atoms with Crippen LogP contribution in [0.4, 0.5) is 5.69 Å². The van der Waals surface area contributed by atoms with E-state index >= 15 is 0 Å². The van der Waals surface area contributed by atoms with Crippen LogP contribution in [-0.4, -0.2) is 36.5 Å². The number of aliphatic hydroxyl groups is 1. The molecule has 1 saturated carbocycles. The Morgan fingerprint density at radius 3 is 2.28 bits per heavy atom. The van der Waals surface area contributed by atoms with E-state index in [0.717, 1.165) is 12.8 Å². The number of nitrogen functional groups attached to an aromatic ring is 1. The van der Waals surface area contributed by atoms with Crippen molar-refractivity contribution in [2.24, 2.45) is 5.92 Å². The zero-order chi connectivity index (χ0) is 13.0. The van der Waals surface area contributed by atoms with Crippen molar-refractivity contribution >= 4 is 15.7 Å². The van der Waals surface area contributed by atoms with E-state index in [-0.39, 0.29) is 23.9 Å². The van der Waals surface area contributed by atoms with Crippen LogP contribution >= 0.6 is 0 Å². The summed E-state index contributed by atoms with van der Waals surface area (Å²) in [4.78, 5) is 0.231. The summed E-state index contributed by atoms with van der Waals surface area (Å²) in [7, 11) is -3.48. The van der Waals surface area contributed by atoms with E-state index in [9.17, 15) is 13.5 Å². The molecule has 2 fully saturated rings. The lowest BCUT2D eigenvalue weighted by Crippen LogP contribution is -2.64. The third-order valence-electron chi connectivity index (χ3n) is 3.76. The predicted octanol–water partition coefficient (Wildman–Crippen LogP) is 0.414. The van der Waals surface area contributed by atoms with Gasteiger partial charge in [-0.05, 0) is 43.0 Å². The molecular weight excluding hydrogens is 252 g/mol. The molecule has 3 N–H and O–H groups in total. The van der Waals surface area contributed by atoms with E-state index in [1.165, 1.54) is 16.4 Å². The Balaban J connectivity index is 1.78. The third kappa shape index (κ3) is 1.81. The van der Waals surface area contributed by atoms with Crippen molar-refractivity contribution in [3.63, 3.8) is 0 Å². The van der Waals surface area contributed by atoms with Crippen molar-refractivity contribution in [1.82, 2.24) is 4.31 Å². The highest BCUT2D eigenvalue weighted by Gasteiger charge is 2.55. The van der Waals surface area contributed by atoms with Gasteiger partial charge in [0.2, 0.25) is 10.0 Å². The second-order valence-electron chi connectivity index (χ2n) is 5.22. The third-order valence-corrected chi connectivity index (χ3v) is 5.56. The second-order valence-corrected chi connectivity index (χ2v) is 7.16. The average Bonchev–Trinajstić information content (AvgIpc) is 3.09. The largest absolute Gasteiger partial charge is 0.399 e. The van der Waals surface area contributed by atoms with Crippen LogP contribution in [0.5, 0.6) is 0 Å². The van der Waals surface area contributed by atoms with E-state index in [1.807, 2.05) is 0 Å². The molecule has 0 atom stereocenters. The molecule has 2 aliphatic rings. The summed E-state index contributed by atoms with van der Waals surface area (Å²) in [6.07, 6.45) is 2.01. The lowest BCUT2D eigenvalue weighted by molar-refractivity contribution is -0.0764. The number of anilines is 1. The van der Waals surface area contributed by atoms with Crippen LogP contribution in [0.25, 0.3) is 0 Å². The van der Waals surface area contributed by atoms with Crippen molar-refractivity contribution in [2.75, 3.05) is 18.8 Å². The lowest BCUT2D eigenvalue weighted by Gasteiger charge is -2.45. The number of nitrogens with two attached hydrogens (primary N) is 1. The van der Waals surface area contributed by atoms with Crippen molar-refractivity contribution in [3.8, 4) is 0 Å². The summed E-state index contributed by atoms with van der Waals surface area (Å²) in [5.74, 6) is 0.287. The molecule has 0 amide bonds. The highest BCUT2D eigenvalue weighted by atomic mass is 32.2. The van der Waals surface area contributed by atoms with Gasteiger partial charge < -0.3 is 10.8 Å². The summed E-state index contributed by atoms with van der Waals surface area (Å²) in [5.41, 5.74) is 5.28. The fourth-order valence-corrected chi connectivity index (χ4v) is 3.97. The highest BCUT2D eigenvalue weighted by Crippen LogP contribution is 2.45. The Morgan fingerprint density at radius 1 is 1.22 bits per heavy atom. The number of hydrogen-bond donors (Lipinski definition) is 2. The van der Waals surface area contributed by atoms with Gasteiger partial charge in [-0.2, -0.15) is 4.31 Å². The molecule has 1 aliphatic heterocycles. The van der Waals surface area contributed by atoms with E-state index in [4.69, 9.17) is 5.73 Å². The van der Waals surface area contributed by atoms with Gasteiger partial charge in [-0.15, -0.1) is 0 Å². The second kappa shape index (κ2) is 3.69. The molecule has 1 aliphatic carbocycles. The molecule has 1 heterocycles. The minimum Gasteiger partial charge on any atom is -0.399 e. The van der Waals surface area contributed by atoms with Crippen molar-refractivity contribution in [1.29, 1.82) is 0 Å². The van der Waals surface area contributed by atoms with Gasteiger partial charge in [-0.25, -0.2) is 8.42 Å². The van der Waals surface area contributed by atoms with Gasteiger partial charge in [0.25, 0.3) is 0 Å². The molecule has 1 saturated heterocycles. The van der Waals surface area contributed by atoms with E-state index in [1.54, 1.807) is 12.1 Å². The Labute approximate surface area is 106 Å². The number of rotatable bonds is 3. The molecular formula is C12H16N2O3S. The van der Waals surface area contributed by atoms with Crippen molar-refractivity contribution in [3.05, 3.63) is 24.3 Å². The number of nitrogens with zero attached hydrogens (tertiary/aromatic N) is 1. The van der Waals surface area contributed by atoms with Crippen LogP contribution in [-0.2, 0) is 10.0 Å². The molecule has 5 nitrogen and oxygen atoms in total. The SMILES string of the molecule is Nc1ccc(S(=O)(=O)N2CC(O)(C3CC3)C2)cc1. The highest BCUT2D eigenvalue weighted by molar-refractivity contribution is 7.89. The molecule has 0 radical (unpaired) electrons. The van der Waals surface area contributed by atoms with Crippen LogP contribution in [0.2, 0.25) is 0 Å². The molecule has 3 rings (SSSR count). The first-order valence-corrected chi connectivity index (χ1v) is 7.44. The van der Waals surface area contributed by atoms with Crippen LogP contribution in [0, 0.1) is 5.92 Å². The van der Waals surface area contributed by atoms with Crippen LogP contribution < -0.4 is 5.73 Å². The van der Waals surface area contributed by atoms with Crippen LogP contribution in [0.1, 0.15) is 12.8 Å². The first-order chi connectivity index (χ1) is 8.42. The minimum atomic E-state index is -3.48.